The zero-order valence-corrected chi connectivity index (χ0v) is 23.2. The third-order valence-electron chi connectivity index (χ3n) is 9.75. The fourth-order valence-corrected chi connectivity index (χ4v) is 7.64. The maximum absolute atomic E-state index is 2.56. The maximum atomic E-state index is 2.56. The summed E-state index contributed by atoms with van der Waals surface area (Å²) in [6, 6.07) is 28.2. The van der Waals surface area contributed by atoms with Gasteiger partial charge in [0.1, 0.15) is 0 Å². The van der Waals surface area contributed by atoms with Crippen LogP contribution in [0.3, 0.4) is 0 Å². The van der Waals surface area contributed by atoms with E-state index in [1.54, 1.807) is 0 Å². The third kappa shape index (κ3) is 4.93. The van der Waals surface area contributed by atoms with Crippen LogP contribution in [0.1, 0.15) is 105 Å². The van der Waals surface area contributed by atoms with Gasteiger partial charge < -0.3 is 4.90 Å². The zero-order valence-electron chi connectivity index (χ0n) is 23.2. The first kappa shape index (κ1) is 24.7. The Bertz CT molecular complexity index is 1390. The van der Waals surface area contributed by atoms with Crippen molar-refractivity contribution in [2.45, 2.75) is 82.5 Å². The SMILES string of the molecule is C1=CC[C@H]2C=C(N(c3ccc(C4CCCCC4)cc3)c3cccc(C4CCCCC4)c3)c3ccccc3C2=C1. The summed E-state index contributed by atoms with van der Waals surface area (Å²) in [6.07, 6.45) is 24.1. The van der Waals surface area contributed by atoms with Crippen molar-refractivity contribution in [2.24, 2.45) is 5.92 Å². The highest BCUT2D eigenvalue weighted by atomic mass is 15.2. The second-order valence-corrected chi connectivity index (χ2v) is 12.2. The van der Waals surface area contributed by atoms with Crippen molar-refractivity contribution in [1.82, 2.24) is 0 Å². The van der Waals surface area contributed by atoms with Gasteiger partial charge in [0.25, 0.3) is 0 Å². The molecule has 0 unspecified atom stereocenters. The van der Waals surface area contributed by atoms with Gasteiger partial charge >= 0.3 is 0 Å². The normalized spacial score (nSPS) is 21.5. The smallest absolute Gasteiger partial charge is 0.0506 e. The van der Waals surface area contributed by atoms with E-state index in [1.807, 2.05) is 0 Å². The van der Waals surface area contributed by atoms with Crippen LogP contribution in [0.25, 0.3) is 11.3 Å². The average molecular weight is 512 g/mol. The van der Waals surface area contributed by atoms with Crippen LogP contribution in [0.4, 0.5) is 11.4 Å². The van der Waals surface area contributed by atoms with Gasteiger partial charge in [-0.1, -0.05) is 111 Å². The molecule has 39 heavy (non-hydrogen) atoms. The van der Waals surface area contributed by atoms with Crippen molar-refractivity contribution >= 4 is 22.6 Å². The van der Waals surface area contributed by atoms with E-state index in [0.717, 1.165) is 12.3 Å². The highest BCUT2D eigenvalue weighted by Crippen LogP contribution is 2.46. The highest BCUT2D eigenvalue weighted by Gasteiger charge is 2.29. The van der Waals surface area contributed by atoms with Crippen LogP contribution in [0.5, 0.6) is 0 Å². The second-order valence-electron chi connectivity index (χ2n) is 12.2. The lowest BCUT2D eigenvalue weighted by atomic mass is 9.78. The van der Waals surface area contributed by atoms with Gasteiger partial charge in [-0.25, -0.2) is 0 Å². The third-order valence-corrected chi connectivity index (χ3v) is 9.75. The van der Waals surface area contributed by atoms with Gasteiger partial charge in [0.05, 0.1) is 5.70 Å². The van der Waals surface area contributed by atoms with E-state index in [9.17, 15) is 0 Å². The largest absolute Gasteiger partial charge is 0.310 e. The van der Waals surface area contributed by atoms with E-state index >= 15 is 0 Å². The Hall–Kier alpha value is -3.32. The highest BCUT2D eigenvalue weighted by molar-refractivity contribution is 5.96. The standard InChI is InChI=1S/C38H41N/c1-3-12-28(13-4-1)30-22-24-33(25-23-30)39(34-18-11-17-31(26-34)29-14-5-2-6-15-29)38-27-32-16-7-8-19-35(32)36-20-9-10-21-37(36)38/h7-11,17-29,32H,1-6,12-16H2/t32-/m0/s1. The number of nitrogens with zero attached hydrogens (tertiary/aromatic N) is 1. The Morgan fingerprint density at radius 3 is 2.03 bits per heavy atom. The van der Waals surface area contributed by atoms with Crippen LogP contribution in [0.2, 0.25) is 0 Å². The van der Waals surface area contributed by atoms with Gasteiger partial charge in [0, 0.05) is 22.9 Å². The summed E-state index contributed by atoms with van der Waals surface area (Å²) in [7, 11) is 0. The molecule has 0 aliphatic heterocycles. The first-order valence-electron chi connectivity index (χ1n) is 15.5. The van der Waals surface area contributed by atoms with Gasteiger partial charge in [-0.05, 0) is 90.5 Å². The molecule has 3 aromatic carbocycles. The van der Waals surface area contributed by atoms with Gasteiger partial charge in [0.2, 0.25) is 0 Å². The summed E-state index contributed by atoms with van der Waals surface area (Å²) in [4.78, 5) is 2.56. The molecule has 0 radical (unpaired) electrons. The van der Waals surface area contributed by atoms with E-state index in [2.05, 4.69) is 102 Å². The molecule has 0 heterocycles. The molecule has 1 nitrogen and oxygen atoms in total. The Kier molecular flexibility index (Phi) is 7.00. The summed E-state index contributed by atoms with van der Waals surface area (Å²) in [5.74, 6) is 1.84. The molecule has 2 fully saturated rings. The molecular formula is C38H41N. The molecule has 0 amide bonds. The Labute approximate surface area is 235 Å². The molecule has 1 atom stereocenters. The quantitative estimate of drug-likeness (QED) is 0.329. The number of benzene rings is 3. The maximum Gasteiger partial charge on any atom is 0.0506 e. The van der Waals surface area contributed by atoms with Gasteiger partial charge in [0.15, 0.2) is 0 Å². The lowest BCUT2D eigenvalue weighted by Crippen LogP contribution is -2.22. The Balaban J connectivity index is 1.33. The van der Waals surface area contributed by atoms with Crippen molar-refractivity contribution in [3.63, 3.8) is 0 Å². The summed E-state index contributed by atoms with van der Waals surface area (Å²) in [6.45, 7) is 0. The number of hydrogen-bond acceptors (Lipinski definition) is 1. The molecular weight excluding hydrogens is 470 g/mol. The molecule has 1 heteroatoms. The lowest BCUT2D eigenvalue weighted by molar-refractivity contribution is 0.443. The van der Waals surface area contributed by atoms with Crippen molar-refractivity contribution in [3.8, 4) is 0 Å². The molecule has 0 bridgehead atoms. The predicted octanol–water partition coefficient (Wildman–Crippen LogP) is 10.9. The molecule has 2 saturated carbocycles. The van der Waals surface area contributed by atoms with Crippen molar-refractivity contribution < 1.29 is 0 Å². The van der Waals surface area contributed by atoms with Crippen LogP contribution < -0.4 is 4.90 Å². The summed E-state index contributed by atoms with van der Waals surface area (Å²) in [5, 5.41) is 0. The summed E-state index contributed by atoms with van der Waals surface area (Å²) < 4.78 is 0. The molecule has 0 spiro atoms. The van der Waals surface area contributed by atoms with E-state index < -0.39 is 0 Å². The topological polar surface area (TPSA) is 3.24 Å². The van der Waals surface area contributed by atoms with Crippen molar-refractivity contribution in [1.29, 1.82) is 0 Å². The van der Waals surface area contributed by atoms with Crippen LogP contribution in [0.15, 0.2) is 97.1 Å². The first-order chi connectivity index (χ1) is 19.3. The first-order valence-corrected chi connectivity index (χ1v) is 15.5. The van der Waals surface area contributed by atoms with E-state index in [0.29, 0.717) is 11.8 Å². The number of allylic oxidation sites excluding steroid dienone is 5. The predicted molar refractivity (Wildman–Crippen MR) is 166 cm³/mol. The minimum absolute atomic E-state index is 0.422. The van der Waals surface area contributed by atoms with E-state index in [4.69, 9.17) is 0 Å². The van der Waals surface area contributed by atoms with Crippen LogP contribution in [0, 0.1) is 5.92 Å². The number of rotatable bonds is 5. The molecule has 0 saturated heterocycles. The van der Waals surface area contributed by atoms with Gasteiger partial charge in [-0.15, -0.1) is 0 Å². The zero-order chi connectivity index (χ0) is 26.0. The number of anilines is 2. The van der Waals surface area contributed by atoms with Gasteiger partial charge in [-0.2, -0.15) is 0 Å². The van der Waals surface area contributed by atoms with Crippen LogP contribution >= 0.6 is 0 Å². The molecule has 198 valence electrons. The fraction of sp³-hybridized carbons (Fsp3) is 0.368. The van der Waals surface area contributed by atoms with Crippen molar-refractivity contribution in [3.05, 3.63) is 119 Å². The second kappa shape index (κ2) is 11.0. The van der Waals surface area contributed by atoms with Crippen molar-refractivity contribution in [2.75, 3.05) is 4.90 Å². The fourth-order valence-electron chi connectivity index (χ4n) is 7.64. The summed E-state index contributed by atoms with van der Waals surface area (Å²) in [5.41, 5.74) is 11.1. The number of hydrogen-bond donors (Lipinski definition) is 0. The average Bonchev–Trinajstić information content (AvgIpc) is 3.03. The monoisotopic (exact) mass is 511 g/mol. The van der Waals surface area contributed by atoms with E-state index in [1.165, 1.54) is 109 Å². The minimum atomic E-state index is 0.422. The molecule has 0 N–H and O–H groups in total. The minimum Gasteiger partial charge on any atom is -0.310 e. The molecule has 4 aliphatic rings. The van der Waals surface area contributed by atoms with Crippen LogP contribution in [-0.4, -0.2) is 0 Å². The molecule has 3 aromatic rings. The van der Waals surface area contributed by atoms with Crippen LogP contribution in [-0.2, 0) is 0 Å². The molecule has 4 aliphatic carbocycles. The lowest BCUT2D eigenvalue weighted by Gasteiger charge is -2.36. The molecule has 0 aromatic heterocycles. The van der Waals surface area contributed by atoms with Gasteiger partial charge in [-0.3, -0.25) is 0 Å². The Morgan fingerprint density at radius 2 is 1.28 bits per heavy atom. The molecule has 7 rings (SSSR count). The number of fused-ring (bicyclic) bond motifs is 3. The Morgan fingerprint density at radius 1 is 0.590 bits per heavy atom. The summed E-state index contributed by atoms with van der Waals surface area (Å²) >= 11 is 0. The van der Waals surface area contributed by atoms with E-state index in [-0.39, 0.29) is 0 Å².